The van der Waals surface area contributed by atoms with Crippen molar-refractivity contribution in [2.45, 2.75) is 20.2 Å². The van der Waals surface area contributed by atoms with Crippen LogP contribution in [0.2, 0.25) is 6.82 Å². The maximum Gasteiger partial charge on any atom is 0.617 e. The van der Waals surface area contributed by atoms with Gasteiger partial charge in [0.15, 0.2) is 5.70 Å². The zero-order valence-electron chi connectivity index (χ0n) is 18.4. The van der Waals surface area contributed by atoms with Crippen LogP contribution in [0, 0.1) is 12.7 Å². The minimum absolute atomic E-state index is 0.155. The Kier molecular flexibility index (Phi) is 5.28. The highest BCUT2D eigenvalue weighted by Crippen LogP contribution is 2.35. The molecule has 3 aromatic rings. The van der Waals surface area contributed by atoms with Gasteiger partial charge in [-0.1, -0.05) is 48.5 Å². The van der Waals surface area contributed by atoms with E-state index in [1.54, 1.807) is 6.07 Å². The highest BCUT2D eigenvalue weighted by Gasteiger charge is 2.41. The fourth-order valence-corrected chi connectivity index (χ4v) is 4.87. The smallest absolute Gasteiger partial charge is 0.330 e. The highest BCUT2D eigenvalue weighted by atomic mass is 19.1. The topological polar surface area (TPSA) is 34.0 Å². The molecule has 5 rings (SSSR count). The summed E-state index contributed by atoms with van der Waals surface area (Å²) >= 11 is 0. The molecular formula is C27H26BFN3+. The van der Waals surface area contributed by atoms with Crippen molar-refractivity contribution >= 4 is 30.9 Å². The number of halogens is 1. The number of hydrogen-bond acceptors (Lipinski definition) is 1. The first-order valence-corrected chi connectivity index (χ1v) is 11.1. The van der Waals surface area contributed by atoms with E-state index in [0.29, 0.717) is 12.1 Å². The van der Waals surface area contributed by atoms with Gasteiger partial charge in [-0.2, -0.15) is 0 Å². The molecule has 0 unspecified atom stereocenters. The Morgan fingerprint density at radius 3 is 2.66 bits per heavy atom. The molecule has 1 aromatic heterocycles. The van der Waals surface area contributed by atoms with Crippen molar-refractivity contribution in [3.8, 4) is 11.1 Å². The zero-order valence-corrected chi connectivity index (χ0v) is 18.4. The first-order valence-electron chi connectivity index (χ1n) is 11.1. The summed E-state index contributed by atoms with van der Waals surface area (Å²) in [6.45, 7) is 5.12. The second-order valence-electron chi connectivity index (χ2n) is 8.36. The summed E-state index contributed by atoms with van der Waals surface area (Å²) in [5.74, 6) is -0.212. The molecule has 0 amide bonds. The average molecular weight is 422 g/mol. The van der Waals surface area contributed by atoms with Crippen LogP contribution in [-0.2, 0) is 0 Å². The molecule has 0 saturated carbocycles. The number of nitrogens with two attached hydrogens (primary N) is 1. The van der Waals surface area contributed by atoms with E-state index >= 15 is 0 Å². The Morgan fingerprint density at radius 1 is 1.09 bits per heavy atom. The van der Waals surface area contributed by atoms with E-state index in [0.717, 1.165) is 23.2 Å². The molecule has 3 heterocycles. The molecule has 2 aliphatic heterocycles. The lowest BCUT2D eigenvalue weighted by Crippen LogP contribution is -2.39. The second-order valence-corrected chi connectivity index (χ2v) is 8.36. The number of rotatable bonds is 5. The van der Waals surface area contributed by atoms with Crippen LogP contribution in [0.5, 0.6) is 0 Å². The van der Waals surface area contributed by atoms with Gasteiger partial charge in [0.2, 0.25) is 0 Å². The Morgan fingerprint density at radius 2 is 1.91 bits per heavy atom. The van der Waals surface area contributed by atoms with Crippen LogP contribution in [0.15, 0.2) is 72.4 Å². The monoisotopic (exact) mass is 422 g/mol. The van der Waals surface area contributed by atoms with Gasteiger partial charge < -0.3 is 10.2 Å². The molecule has 2 N–H and O–H groups in total. The van der Waals surface area contributed by atoms with Crippen molar-refractivity contribution in [3.63, 3.8) is 0 Å². The highest BCUT2D eigenvalue weighted by molar-refractivity contribution is 6.49. The van der Waals surface area contributed by atoms with Crippen molar-refractivity contribution in [3.05, 3.63) is 101 Å². The molecule has 2 aliphatic rings. The molecule has 158 valence electrons. The van der Waals surface area contributed by atoms with Gasteiger partial charge in [-0.25, -0.2) is 4.39 Å². The predicted molar refractivity (Wildman–Crippen MR) is 133 cm³/mol. The van der Waals surface area contributed by atoms with Gasteiger partial charge in [-0.15, -0.1) is 0 Å². The molecule has 0 saturated heterocycles. The summed E-state index contributed by atoms with van der Waals surface area (Å²) in [7, 11) is 0. The molecule has 0 spiro atoms. The van der Waals surface area contributed by atoms with Gasteiger partial charge in [-0.3, -0.25) is 4.49 Å². The molecule has 5 heteroatoms. The van der Waals surface area contributed by atoms with E-state index in [1.165, 1.54) is 22.5 Å². The van der Waals surface area contributed by atoms with Crippen LogP contribution in [0.1, 0.15) is 28.9 Å². The van der Waals surface area contributed by atoms with Crippen molar-refractivity contribution in [2.24, 2.45) is 5.73 Å². The Bertz CT molecular complexity index is 1310. The Hall–Kier alpha value is -3.44. The lowest BCUT2D eigenvalue weighted by atomic mass is 9.74. The van der Waals surface area contributed by atoms with E-state index in [-0.39, 0.29) is 12.8 Å². The van der Waals surface area contributed by atoms with E-state index in [4.69, 9.17) is 5.73 Å². The first-order chi connectivity index (χ1) is 15.6. The van der Waals surface area contributed by atoms with E-state index in [2.05, 4.69) is 53.2 Å². The fourth-order valence-electron chi connectivity index (χ4n) is 4.87. The molecular weight excluding hydrogens is 396 g/mol. The molecule has 3 nitrogen and oxygen atoms in total. The summed E-state index contributed by atoms with van der Waals surface area (Å²) in [6, 6.07) is 17.3. The third kappa shape index (κ3) is 3.39. The normalized spacial score (nSPS) is 14.9. The molecule has 0 radical (unpaired) electrons. The van der Waals surface area contributed by atoms with E-state index < -0.39 is 0 Å². The third-order valence-electron chi connectivity index (χ3n) is 6.33. The number of aromatic nitrogens is 1. The van der Waals surface area contributed by atoms with E-state index in [9.17, 15) is 4.39 Å². The number of nitrogens with zero attached hydrogens (tertiary/aromatic N) is 2. The van der Waals surface area contributed by atoms with Crippen LogP contribution < -0.4 is 5.73 Å². The average Bonchev–Trinajstić information content (AvgIpc) is 3.41. The molecule has 2 aromatic carbocycles. The van der Waals surface area contributed by atoms with Crippen molar-refractivity contribution in [1.82, 2.24) is 4.48 Å². The summed E-state index contributed by atoms with van der Waals surface area (Å²) in [5.41, 5.74) is 14.4. The first kappa shape index (κ1) is 20.5. The Balaban J connectivity index is 1.52. The second kappa shape index (κ2) is 8.25. The molecule has 0 aliphatic carbocycles. The van der Waals surface area contributed by atoms with Crippen LogP contribution in [0.4, 0.5) is 4.39 Å². The van der Waals surface area contributed by atoms with Crippen molar-refractivity contribution in [2.75, 3.05) is 6.54 Å². The number of benzene rings is 2. The van der Waals surface area contributed by atoms with E-state index in [1.807, 2.05) is 48.5 Å². The summed E-state index contributed by atoms with van der Waals surface area (Å²) in [4.78, 5) is 0. The van der Waals surface area contributed by atoms with Crippen LogP contribution in [0.3, 0.4) is 0 Å². The van der Waals surface area contributed by atoms with Crippen molar-refractivity contribution in [1.29, 1.82) is 0 Å². The molecule has 0 bridgehead atoms. The maximum atomic E-state index is 14.8. The van der Waals surface area contributed by atoms with Gasteiger partial charge in [0.05, 0.1) is 0 Å². The predicted octanol–water partition coefficient (Wildman–Crippen LogP) is 5.47. The van der Waals surface area contributed by atoms with Gasteiger partial charge >= 0.3 is 6.98 Å². The summed E-state index contributed by atoms with van der Waals surface area (Å²) in [6.07, 6.45) is 11.3. The number of fused-ring (bicyclic) bond motifs is 2. The minimum Gasteiger partial charge on any atom is -0.330 e. The largest absolute Gasteiger partial charge is 0.617 e. The lowest BCUT2D eigenvalue weighted by molar-refractivity contribution is -0.317. The SMILES string of the molecule is CB1n2c(C=Cc3ccc(-c4ccccc4)c(F)c3)cc(C)c2C(CCN)=C2C=CC=[N+]12. The lowest BCUT2D eigenvalue weighted by Gasteiger charge is -2.22. The summed E-state index contributed by atoms with van der Waals surface area (Å²) in [5, 5.41) is 0. The zero-order chi connectivity index (χ0) is 22.2. The summed E-state index contributed by atoms with van der Waals surface area (Å²) < 4.78 is 19.5. The van der Waals surface area contributed by atoms with Gasteiger partial charge in [0, 0.05) is 41.5 Å². The minimum atomic E-state index is -0.212. The van der Waals surface area contributed by atoms with Crippen molar-refractivity contribution < 1.29 is 8.88 Å². The third-order valence-corrected chi connectivity index (χ3v) is 6.33. The fraction of sp³-hybridized carbons (Fsp3) is 0.148. The van der Waals surface area contributed by atoms with Crippen LogP contribution >= 0.6 is 0 Å². The van der Waals surface area contributed by atoms with Gasteiger partial charge in [0.1, 0.15) is 12.0 Å². The standard InChI is InChI=1S/C27H26BFN3/c1-19-17-22(32-27(19)24(14-15-30)26-9-6-16-31(26)28(32)2)12-10-20-11-13-23(25(29)18-20)21-7-4-3-5-8-21/h3-13,16-18H,14-15,30H2,1-2H3/q+1. The molecule has 0 fully saturated rings. The Labute approximate surface area is 188 Å². The molecule has 32 heavy (non-hydrogen) atoms. The maximum absolute atomic E-state index is 14.8. The van der Waals surface area contributed by atoms with Gasteiger partial charge in [0.25, 0.3) is 0 Å². The molecule has 0 atom stereocenters. The van der Waals surface area contributed by atoms with Crippen LogP contribution in [-0.4, -0.2) is 28.7 Å². The number of hydrogen-bond donors (Lipinski definition) is 1. The number of aryl methyl sites for hydroxylation is 1. The van der Waals surface area contributed by atoms with Crippen LogP contribution in [0.25, 0.3) is 28.9 Å². The van der Waals surface area contributed by atoms with Gasteiger partial charge in [-0.05, 0) is 54.8 Å². The number of allylic oxidation sites excluding steroid dienone is 2. The quantitative estimate of drug-likeness (QED) is 0.544.